The molecule has 2 nitrogen and oxygen atoms in total. The maximum absolute atomic E-state index is 13.7. The molecule has 2 aromatic rings. The lowest BCUT2D eigenvalue weighted by atomic mass is 10.0. The molecular weight excluding hydrogens is 272 g/mol. The highest BCUT2D eigenvalue weighted by atomic mass is 19.1. The van der Waals surface area contributed by atoms with Crippen LogP contribution in [0.25, 0.3) is 0 Å². The summed E-state index contributed by atoms with van der Waals surface area (Å²) < 4.78 is 27.4. The highest BCUT2D eigenvalue weighted by molar-refractivity contribution is 5.27. The molecule has 4 heteroatoms. The maximum Gasteiger partial charge on any atom is 0.130 e. The molecular formula is C17H19F2NO. The third-order valence-electron chi connectivity index (χ3n) is 3.45. The molecule has 0 bridgehead atoms. The van der Waals surface area contributed by atoms with Crippen LogP contribution in [0.4, 0.5) is 8.78 Å². The fourth-order valence-electron chi connectivity index (χ4n) is 2.48. The van der Waals surface area contributed by atoms with Crippen molar-refractivity contribution in [3.05, 3.63) is 65.2 Å². The van der Waals surface area contributed by atoms with Crippen molar-refractivity contribution in [2.24, 2.45) is 0 Å². The molecule has 0 saturated carbocycles. The molecule has 0 radical (unpaired) electrons. The number of rotatable bonds is 5. The second-order valence-electron chi connectivity index (χ2n) is 5.30. The Morgan fingerprint density at radius 3 is 2.14 bits per heavy atom. The standard InChI is InChI=1S/C17H19F2NO/c1-11(10-13-6-8-14(21)9-7-13)20-12(2)17-15(18)4-3-5-16(17)19/h3-9,11-12,20-21H,10H2,1-2H3. The van der Waals surface area contributed by atoms with E-state index in [0.717, 1.165) is 5.56 Å². The van der Waals surface area contributed by atoms with E-state index in [1.807, 2.05) is 19.1 Å². The highest BCUT2D eigenvalue weighted by Crippen LogP contribution is 2.21. The molecule has 0 amide bonds. The minimum Gasteiger partial charge on any atom is -0.508 e. The fourth-order valence-corrected chi connectivity index (χ4v) is 2.48. The normalized spacial score (nSPS) is 13.9. The molecule has 0 heterocycles. The van der Waals surface area contributed by atoms with E-state index in [1.54, 1.807) is 19.1 Å². The SMILES string of the molecule is CC(Cc1ccc(O)cc1)NC(C)c1c(F)cccc1F. The van der Waals surface area contributed by atoms with Crippen LogP contribution in [0.1, 0.15) is 31.0 Å². The minimum atomic E-state index is -0.535. The first-order chi connectivity index (χ1) is 9.97. The molecule has 2 unspecified atom stereocenters. The molecule has 0 aliphatic heterocycles. The predicted molar refractivity (Wildman–Crippen MR) is 79.2 cm³/mol. The second kappa shape index (κ2) is 6.68. The molecule has 112 valence electrons. The van der Waals surface area contributed by atoms with E-state index in [2.05, 4.69) is 5.32 Å². The first-order valence-corrected chi connectivity index (χ1v) is 6.95. The lowest BCUT2D eigenvalue weighted by Crippen LogP contribution is -2.31. The molecule has 0 aliphatic carbocycles. The van der Waals surface area contributed by atoms with Crippen molar-refractivity contribution in [1.82, 2.24) is 5.32 Å². The van der Waals surface area contributed by atoms with E-state index in [4.69, 9.17) is 0 Å². The molecule has 0 spiro atoms. The van der Waals surface area contributed by atoms with Crippen molar-refractivity contribution in [3.8, 4) is 5.75 Å². The number of phenols is 1. The Balaban J connectivity index is 2.02. The van der Waals surface area contributed by atoms with Gasteiger partial charge in [0.15, 0.2) is 0 Å². The quantitative estimate of drug-likeness (QED) is 0.874. The number of halogens is 2. The molecule has 2 aromatic carbocycles. The highest BCUT2D eigenvalue weighted by Gasteiger charge is 2.17. The summed E-state index contributed by atoms with van der Waals surface area (Å²) in [5.74, 6) is -0.847. The van der Waals surface area contributed by atoms with Gasteiger partial charge in [-0.1, -0.05) is 18.2 Å². The summed E-state index contributed by atoms with van der Waals surface area (Å²) in [5, 5.41) is 12.4. The third-order valence-corrected chi connectivity index (χ3v) is 3.45. The Bertz CT molecular complexity index is 578. The van der Waals surface area contributed by atoms with Crippen LogP contribution in [0.2, 0.25) is 0 Å². The van der Waals surface area contributed by atoms with Crippen LogP contribution >= 0.6 is 0 Å². The average Bonchev–Trinajstić information content (AvgIpc) is 2.41. The van der Waals surface area contributed by atoms with Crippen molar-refractivity contribution >= 4 is 0 Å². The van der Waals surface area contributed by atoms with Gasteiger partial charge < -0.3 is 10.4 Å². The summed E-state index contributed by atoms with van der Waals surface area (Å²) >= 11 is 0. The Kier molecular flexibility index (Phi) is 4.91. The summed E-state index contributed by atoms with van der Waals surface area (Å²) in [6, 6.07) is 10.4. The summed E-state index contributed by atoms with van der Waals surface area (Å²) in [6.45, 7) is 3.71. The van der Waals surface area contributed by atoms with Gasteiger partial charge >= 0.3 is 0 Å². The van der Waals surface area contributed by atoms with Gasteiger partial charge in [0.25, 0.3) is 0 Å². The lowest BCUT2D eigenvalue weighted by molar-refractivity contribution is 0.439. The molecule has 2 atom stereocenters. The molecule has 21 heavy (non-hydrogen) atoms. The van der Waals surface area contributed by atoms with Crippen LogP contribution in [0.5, 0.6) is 5.75 Å². The largest absolute Gasteiger partial charge is 0.508 e. The molecule has 2 rings (SSSR count). The predicted octanol–water partition coefficient (Wildman–Crippen LogP) is 3.95. The van der Waals surface area contributed by atoms with Gasteiger partial charge in [0.05, 0.1) is 0 Å². The molecule has 2 N–H and O–H groups in total. The van der Waals surface area contributed by atoms with Gasteiger partial charge in [-0.3, -0.25) is 0 Å². The number of hydrogen-bond acceptors (Lipinski definition) is 2. The number of aromatic hydroxyl groups is 1. The fraction of sp³-hybridized carbons (Fsp3) is 0.294. The smallest absolute Gasteiger partial charge is 0.130 e. The first-order valence-electron chi connectivity index (χ1n) is 6.95. The van der Waals surface area contributed by atoms with Crippen LogP contribution in [-0.4, -0.2) is 11.1 Å². The monoisotopic (exact) mass is 291 g/mol. The van der Waals surface area contributed by atoms with Crippen molar-refractivity contribution < 1.29 is 13.9 Å². The molecule has 0 aromatic heterocycles. The maximum atomic E-state index is 13.7. The Labute approximate surface area is 123 Å². The summed E-state index contributed by atoms with van der Waals surface area (Å²) in [4.78, 5) is 0. The minimum absolute atomic E-state index is 0.0450. The van der Waals surface area contributed by atoms with Crippen LogP contribution < -0.4 is 5.32 Å². The third kappa shape index (κ3) is 4.02. The number of hydrogen-bond donors (Lipinski definition) is 2. The van der Waals surface area contributed by atoms with Crippen LogP contribution in [0, 0.1) is 11.6 Å². The lowest BCUT2D eigenvalue weighted by Gasteiger charge is -2.21. The van der Waals surface area contributed by atoms with Gasteiger partial charge in [-0.05, 0) is 50.1 Å². The summed E-state index contributed by atoms with van der Waals surface area (Å²) in [5.41, 5.74) is 1.11. The summed E-state index contributed by atoms with van der Waals surface area (Å²) in [6.07, 6.45) is 0.709. The van der Waals surface area contributed by atoms with Gasteiger partial charge in [-0.2, -0.15) is 0 Å². The second-order valence-corrected chi connectivity index (χ2v) is 5.30. The topological polar surface area (TPSA) is 32.3 Å². The van der Waals surface area contributed by atoms with E-state index in [0.29, 0.717) is 6.42 Å². The number of benzene rings is 2. The van der Waals surface area contributed by atoms with Crippen molar-refractivity contribution in [1.29, 1.82) is 0 Å². The Hall–Kier alpha value is -1.94. The van der Waals surface area contributed by atoms with Crippen molar-refractivity contribution in [2.45, 2.75) is 32.4 Å². The van der Waals surface area contributed by atoms with Crippen LogP contribution in [0.15, 0.2) is 42.5 Å². The van der Waals surface area contributed by atoms with Gasteiger partial charge in [0.1, 0.15) is 17.4 Å². The van der Waals surface area contributed by atoms with E-state index in [9.17, 15) is 13.9 Å². The van der Waals surface area contributed by atoms with E-state index >= 15 is 0 Å². The van der Waals surface area contributed by atoms with Crippen LogP contribution in [0.3, 0.4) is 0 Å². The first kappa shape index (κ1) is 15.4. The molecule has 0 aliphatic rings. The molecule has 0 saturated heterocycles. The number of nitrogens with one attached hydrogen (secondary N) is 1. The Morgan fingerprint density at radius 1 is 1.00 bits per heavy atom. The summed E-state index contributed by atoms with van der Waals surface area (Å²) in [7, 11) is 0. The van der Waals surface area contributed by atoms with Gasteiger partial charge in [0.2, 0.25) is 0 Å². The van der Waals surface area contributed by atoms with Gasteiger partial charge in [0, 0.05) is 17.6 Å². The molecule has 0 fully saturated rings. The van der Waals surface area contributed by atoms with E-state index in [-0.39, 0.29) is 17.4 Å². The van der Waals surface area contributed by atoms with Crippen LogP contribution in [-0.2, 0) is 6.42 Å². The zero-order valence-corrected chi connectivity index (χ0v) is 12.1. The zero-order valence-electron chi connectivity index (χ0n) is 12.1. The van der Waals surface area contributed by atoms with Crippen molar-refractivity contribution in [3.63, 3.8) is 0 Å². The van der Waals surface area contributed by atoms with Gasteiger partial charge in [-0.15, -0.1) is 0 Å². The van der Waals surface area contributed by atoms with E-state index in [1.165, 1.54) is 18.2 Å². The zero-order chi connectivity index (χ0) is 15.4. The number of phenolic OH excluding ortho intramolecular Hbond substituents is 1. The van der Waals surface area contributed by atoms with E-state index < -0.39 is 17.7 Å². The average molecular weight is 291 g/mol. The van der Waals surface area contributed by atoms with Gasteiger partial charge in [-0.25, -0.2) is 8.78 Å². The van der Waals surface area contributed by atoms with Crippen molar-refractivity contribution in [2.75, 3.05) is 0 Å². The Morgan fingerprint density at radius 2 is 1.57 bits per heavy atom.